The van der Waals surface area contributed by atoms with E-state index in [0.29, 0.717) is 12.3 Å². The number of hydrogen-bond donors (Lipinski definition) is 0. The molecule has 120 valence electrons. The summed E-state index contributed by atoms with van der Waals surface area (Å²) in [5.74, 6) is 0.115. The summed E-state index contributed by atoms with van der Waals surface area (Å²) < 4.78 is 23.7. The maximum Gasteiger partial charge on any atom is 0.276 e. The Morgan fingerprint density at radius 1 is 1.52 bits per heavy atom. The number of halogens is 1. The molecule has 1 atom stereocenters. The molecule has 2 heterocycles. The molecule has 0 N–H and O–H groups in total. The Balaban J connectivity index is 1.63. The normalized spacial score (nSPS) is 16.8. The number of nitrogens with zero attached hydrogens (tertiary/aromatic N) is 2. The van der Waals surface area contributed by atoms with Gasteiger partial charge in [-0.1, -0.05) is 25.1 Å². The maximum absolute atomic E-state index is 13.1. The van der Waals surface area contributed by atoms with E-state index in [-0.39, 0.29) is 36.0 Å². The molecule has 3 rings (SSSR count). The highest BCUT2D eigenvalue weighted by atomic mass is 19.1. The summed E-state index contributed by atoms with van der Waals surface area (Å²) in [4.78, 5) is 18.3. The number of oxazole rings is 1. The molecule has 0 bridgehead atoms. The van der Waals surface area contributed by atoms with Crippen LogP contribution in [0, 0.1) is 5.82 Å². The topological polar surface area (TPSA) is 55.6 Å². The summed E-state index contributed by atoms with van der Waals surface area (Å²) in [5.41, 5.74) is 0.255. The van der Waals surface area contributed by atoms with E-state index in [0.717, 1.165) is 6.42 Å². The van der Waals surface area contributed by atoms with Gasteiger partial charge < -0.3 is 14.1 Å². The summed E-state index contributed by atoms with van der Waals surface area (Å²) in [6, 6.07) is 5.91. The van der Waals surface area contributed by atoms with Crippen LogP contribution in [0.5, 0.6) is 5.75 Å². The molecule has 1 aliphatic heterocycles. The SMILES string of the molecule is CC[C@H]1C=CCN1C(=O)c1coc(COc2cccc(F)c2)n1. The van der Waals surface area contributed by atoms with Gasteiger partial charge in [-0.15, -0.1) is 0 Å². The Kier molecular flexibility index (Phi) is 4.41. The zero-order valence-electron chi connectivity index (χ0n) is 12.7. The fourth-order valence-electron chi connectivity index (χ4n) is 2.49. The molecule has 1 aromatic heterocycles. The van der Waals surface area contributed by atoms with Gasteiger partial charge in [-0.3, -0.25) is 4.79 Å². The number of hydrogen-bond acceptors (Lipinski definition) is 4. The van der Waals surface area contributed by atoms with Crippen molar-refractivity contribution in [3.05, 3.63) is 60.1 Å². The van der Waals surface area contributed by atoms with E-state index >= 15 is 0 Å². The minimum absolute atomic E-state index is 0.0339. The van der Waals surface area contributed by atoms with Crippen molar-refractivity contribution < 1.29 is 18.3 Å². The molecule has 0 saturated carbocycles. The van der Waals surface area contributed by atoms with Crippen LogP contribution in [0.25, 0.3) is 0 Å². The van der Waals surface area contributed by atoms with E-state index in [9.17, 15) is 9.18 Å². The fourth-order valence-corrected chi connectivity index (χ4v) is 2.49. The second-order valence-corrected chi connectivity index (χ2v) is 5.23. The monoisotopic (exact) mass is 316 g/mol. The molecule has 1 aliphatic rings. The zero-order valence-corrected chi connectivity index (χ0v) is 12.7. The average Bonchev–Trinajstić information content (AvgIpc) is 3.21. The molecule has 2 aromatic rings. The number of aromatic nitrogens is 1. The average molecular weight is 316 g/mol. The summed E-state index contributed by atoms with van der Waals surface area (Å²) in [7, 11) is 0. The standard InChI is InChI=1S/C17H17FN2O3/c1-2-13-6-4-8-20(13)17(21)15-10-23-16(19-15)11-22-14-7-3-5-12(18)9-14/h3-7,9-10,13H,2,8,11H2,1H3/t13-/m0/s1. The van der Waals surface area contributed by atoms with Crippen molar-refractivity contribution in [1.29, 1.82) is 0 Å². The predicted octanol–water partition coefficient (Wildman–Crippen LogP) is 3.18. The highest BCUT2D eigenvalue weighted by Crippen LogP contribution is 2.18. The molecular formula is C17H17FN2O3. The Labute approximate surface area is 133 Å². The van der Waals surface area contributed by atoms with Gasteiger partial charge in [0, 0.05) is 12.6 Å². The smallest absolute Gasteiger partial charge is 0.276 e. The molecule has 6 heteroatoms. The van der Waals surface area contributed by atoms with Crippen LogP contribution >= 0.6 is 0 Å². The first kappa shape index (κ1) is 15.3. The Morgan fingerprint density at radius 2 is 2.39 bits per heavy atom. The lowest BCUT2D eigenvalue weighted by Crippen LogP contribution is -2.35. The summed E-state index contributed by atoms with van der Waals surface area (Å²) >= 11 is 0. The van der Waals surface area contributed by atoms with Crippen LogP contribution in [0.1, 0.15) is 29.7 Å². The largest absolute Gasteiger partial charge is 0.484 e. The number of benzene rings is 1. The van der Waals surface area contributed by atoms with Crippen LogP contribution in [0.4, 0.5) is 4.39 Å². The lowest BCUT2D eigenvalue weighted by molar-refractivity contribution is 0.0741. The van der Waals surface area contributed by atoms with Crippen LogP contribution in [-0.4, -0.2) is 28.4 Å². The second-order valence-electron chi connectivity index (χ2n) is 5.23. The first-order chi connectivity index (χ1) is 11.2. The third kappa shape index (κ3) is 3.41. The molecular weight excluding hydrogens is 299 g/mol. The van der Waals surface area contributed by atoms with Gasteiger partial charge >= 0.3 is 0 Å². The minimum Gasteiger partial charge on any atom is -0.484 e. The Hall–Kier alpha value is -2.63. The molecule has 0 saturated heterocycles. The van der Waals surface area contributed by atoms with Crippen molar-refractivity contribution in [1.82, 2.24) is 9.88 Å². The van der Waals surface area contributed by atoms with Gasteiger partial charge in [0.2, 0.25) is 5.89 Å². The van der Waals surface area contributed by atoms with Gasteiger partial charge in [-0.2, -0.15) is 0 Å². The van der Waals surface area contributed by atoms with Crippen molar-refractivity contribution in [3.63, 3.8) is 0 Å². The molecule has 0 spiro atoms. The van der Waals surface area contributed by atoms with E-state index in [2.05, 4.69) is 4.98 Å². The lowest BCUT2D eigenvalue weighted by Gasteiger charge is -2.22. The van der Waals surface area contributed by atoms with Gasteiger partial charge in [0.05, 0.1) is 6.04 Å². The highest BCUT2D eigenvalue weighted by molar-refractivity contribution is 5.92. The van der Waals surface area contributed by atoms with Crippen LogP contribution in [0.15, 0.2) is 47.1 Å². The minimum atomic E-state index is -0.377. The van der Waals surface area contributed by atoms with Crippen molar-refractivity contribution in [2.24, 2.45) is 0 Å². The summed E-state index contributed by atoms with van der Waals surface area (Å²) in [5, 5.41) is 0. The predicted molar refractivity (Wildman–Crippen MR) is 81.5 cm³/mol. The quantitative estimate of drug-likeness (QED) is 0.795. The molecule has 5 nitrogen and oxygen atoms in total. The summed E-state index contributed by atoms with van der Waals surface area (Å²) in [6.07, 6.45) is 6.18. The first-order valence-corrected chi connectivity index (χ1v) is 7.47. The second kappa shape index (κ2) is 6.64. The lowest BCUT2D eigenvalue weighted by atomic mass is 10.2. The van der Waals surface area contributed by atoms with E-state index < -0.39 is 0 Å². The van der Waals surface area contributed by atoms with Gasteiger partial charge in [0.1, 0.15) is 17.8 Å². The van der Waals surface area contributed by atoms with E-state index in [4.69, 9.17) is 9.15 Å². The number of amides is 1. The Bertz CT molecular complexity index is 726. The molecule has 23 heavy (non-hydrogen) atoms. The number of rotatable bonds is 5. The van der Waals surface area contributed by atoms with E-state index in [1.165, 1.54) is 18.4 Å². The van der Waals surface area contributed by atoms with E-state index in [1.807, 2.05) is 19.1 Å². The van der Waals surface area contributed by atoms with Crippen LogP contribution in [0.2, 0.25) is 0 Å². The third-order valence-corrected chi connectivity index (χ3v) is 3.67. The molecule has 0 unspecified atom stereocenters. The maximum atomic E-state index is 13.1. The molecule has 0 radical (unpaired) electrons. The van der Waals surface area contributed by atoms with E-state index in [1.54, 1.807) is 17.0 Å². The number of carbonyl (C=O) groups is 1. The van der Waals surface area contributed by atoms with Crippen molar-refractivity contribution in [2.75, 3.05) is 6.54 Å². The Morgan fingerprint density at radius 3 is 3.17 bits per heavy atom. The van der Waals surface area contributed by atoms with Gasteiger partial charge in [0.15, 0.2) is 12.3 Å². The molecule has 0 aliphatic carbocycles. The number of ether oxygens (including phenoxy) is 1. The van der Waals surface area contributed by atoms with Gasteiger partial charge in [-0.25, -0.2) is 9.37 Å². The van der Waals surface area contributed by atoms with Crippen LogP contribution in [-0.2, 0) is 6.61 Å². The summed E-state index contributed by atoms with van der Waals surface area (Å²) in [6.45, 7) is 2.65. The fraction of sp³-hybridized carbons (Fsp3) is 0.294. The zero-order chi connectivity index (χ0) is 16.2. The van der Waals surface area contributed by atoms with Crippen molar-refractivity contribution in [3.8, 4) is 5.75 Å². The first-order valence-electron chi connectivity index (χ1n) is 7.47. The molecule has 1 aromatic carbocycles. The third-order valence-electron chi connectivity index (χ3n) is 3.67. The van der Waals surface area contributed by atoms with Crippen LogP contribution in [0.3, 0.4) is 0 Å². The highest BCUT2D eigenvalue weighted by Gasteiger charge is 2.26. The van der Waals surface area contributed by atoms with Crippen molar-refractivity contribution in [2.45, 2.75) is 26.0 Å². The molecule has 1 amide bonds. The number of carbonyl (C=O) groups excluding carboxylic acids is 1. The van der Waals surface area contributed by atoms with Gasteiger partial charge in [0.25, 0.3) is 5.91 Å². The molecule has 0 fully saturated rings. The van der Waals surface area contributed by atoms with Gasteiger partial charge in [-0.05, 0) is 18.6 Å². The van der Waals surface area contributed by atoms with Crippen molar-refractivity contribution >= 4 is 5.91 Å². The van der Waals surface area contributed by atoms with Crippen LogP contribution < -0.4 is 4.74 Å².